The second kappa shape index (κ2) is 3.22. The van der Waals surface area contributed by atoms with E-state index in [0.29, 0.717) is 17.7 Å². The highest BCUT2D eigenvalue weighted by molar-refractivity contribution is 5.39. The Morgan fingerprint density at radius 1 is 1.35 bits per heavy atom. The van der Waals surface area contributed by atoms with Gasteiger partial charge in [-0.3, -0.25) is 0 Å². The van der Waals surface area contributed by atoms with Crippen LogP contribution in [0.4, 0.5) is 4.39 Å². The van der Waals surface area contributed by atoms with E-state index in [-0.39, 0.29) is 16.8 Å². The van der Waals surface area contributed by atoms with Crippen LogP contribution in [0.15, 0.2) is 18.2 Å². The molecule has 2 unspecified atom stereocenters. The zero-order valence-electron chi connectivity index (χ0n) is 10.2. The molecule has 0 spiro atoms. The van der Waals surface area contributed by atoms with Crippen LogP contribution in [0.25, 0.3) is 0 Å². The smallest absolute Gasteiger partial charge is 0.128 e. The minimum Gasteiger partial charge on any atom is -0.486 e. The Bertz CT molecular complexity index is 467. The summed E-state index contributed by atoms with van der Waals surface area (Å²) in [5.74, 6) is 0.181. The van der Waals surface area contributed by atoms with Gasteiger partial charge in [0.05, 0.1) is 6.10 Å². The van der Waals surface area contributed by atoms with E-state index in [9.17, 15) is 9.50 Å². The molecular weight excluding hydrogens is 219 g/mol. The second-order valence-corrected chi connectivity index (χ2v) is 5.80. The number of ether oxygens (including phenoxy) is 1. The van der Waals surface area contributed by atoms with Crippen LogP contribution in [0.3, 0.4) is 0 Å². The lowest BCUT2D eigenvalue weighted by molar-refractivity contribution is -0.0474. The number of rotatable bonds is 1. The number of hydrogen-bond acceptors (Lipinski definition) is 2. The molecule has 1 N–H and O–H groups in total. The molecule has 2 nitrogen and oxygen atoms in total. The second-order valence-electron chi connectivity index (χ2n) is 5.80. The van der Waals surface area contributed by atoms with Gasteiger partial charge >= 0.3 is 0 Å². The Kier molecular flexibility index (Phi) is 2.09. The molecule has 92 valence electrons. The molecule has 3 rings (SSSR count). The Morgan fingerprint density at radius 2 is 2.06 bits per heavy atom. The molecule has 1 aliphatic heterocycles. The van der Waals surface area contributed by atoms with Crippen molar-refractivity contribution in [2.45, 2.75) is 44.8 Å². The van der Waals surface area contributed by atoms with Gasteiger partial charge in [0.2, 0.25) is 0 Å². The van der Waals surface area contributed by atoms with Crippen molar-refractivity contribution in [1.82, 2.24) is 0 Å². The van der Waals surface area contributed by atoms with Crippen molar-refractivity contribution in [1.29, 1.82) is 0 Å². The zero-order chi connectivity index (χ0) is 12.3. The summed E-state index contributed by atoms with van der Waals surface area (Å²) in [6.45, 7) is 4.20. The average Bonchev–Trinajstić information content (AvgIpc) is 2.97. The lowest BCUT2D eigenvalue weighted by Crippen LogP contribution is -2.45. The first-order valence-electron chi connectivity index (χ1n) is 6.10. The number of aliphatic hydroxyl groups excluding tert-OH is 1. The first-order chi connectivity index (χ1) is 7.94. The molecule has 3 heteroatoms. The van der Waals surface area contributed by atoms with E-state index < -0.39 is 6.10 Å². The standard InChI is InChI=1S/C14H17FO2/c1-13(5-6-13)14(2)8-11(16)10-4-3-9(15)7-12(10)17-14/h3-4,7,11,16H,5-6,8H2,1-2H3. The predicted molar refractivity (Wildman–Crippen MR) is 62.4 cm³/mol. The van der Waals surface area contributed by atoms with Gasteiger partial charge in [0, 0.05) is 23.5 Å². The first-order valence-corrected chi connectivity index (χ1v) is 6.10. The van der Waals surface area contributed by atoms with E-state index in [1.807, 2.05) is 6.92 Å². The number of aliphatic hydroxyl groups is 1. The maximum absolute atomic E-state index is 13.2. The Labute approximate surface area is 100 Å². The summed E-state index contributed by atoms with van der Waals surface area (Å²) in [4.78, 5) is 0. The Balaban J connectivity index is 2.02. The summed E-state index contributed by atoms with van der Waals surface area (Å²) in [7, 11) is 0. The van der Waals surface area contributed by atoms with Crippen LogP contribution in [0.5, 0.6) is 5.75 Å². The van der Waals surface area contributed by atoms with Crippen LogP contribution >= 0.6 is 0 Å². The summed E-state index contributed by atoms with van der Waals surface area (Å²) in [6, 6.07) is 4.36. The van der Waals surface area contributed by atoms with Crippen LogP contribution in [0, 0.1) is 11.2 Å². The summed E-state index contributed by atoms with van der Waals surface area (Å²) in [6.07, 6.45) is 2.26. The molecule has 0 bridgehead atoms. The van der Waals surface area contributed by atoms with Gasteiger partial charge in [-0.1, -0.05) is 6.92 Å². The monoisotopic (exact) mass is 236 g/mol. The van der Waals surface area contributed by atoms with Gasteiger partial charge < -0.3 is 9.84 Å². The van der Waals surface area contributed by atoms with Crippen LogP contribution in [0.2, 0.25) is 0 Å². The van der Waals surface area contributed by atoms with Gasteiger partial charge in [-0.25, -0.2) is 4.39 Å². The minimum absolute atomic E-state index is 0.123. The third-order valence-electron chi connectivity index (χ3n) is 4.53. The molecule has 17 heavy (non-hydrogen) atoms. The summed E-state index contributed by atoms with van der Waals surface area (Å²) in [5, 5.41) is 10.2. The van der Waals surface area contributed by atoms with Crippen LogP contribution in [-0.4, -0.2) is 10.7 Å². The fourth-order valence-electron chi connectivity index (χ4n) is 2.72. The van der Waals surface area contributed by atoms with Crippen LogP contribution < -0.4 is 4.74 Å². The SMILES string of the molecule is CC1(C2(C)CC(O)c3ccc(F)cc3O2)CC1. The minimum atomic E-state index is -0.554. The number of benzene rings is 1. The highest BCUT2D eigenvalue weighted by atomic mass is 19.1. The van der Waals surface area contributed by atoms with Gasteiger partial charge in [0.15, 0.2) is 0 Å². The number of halogens is 1. The molecule has 0 amide bonds. The highest BCUT2D eigenvalue weighted by Crippen LogP contribution is 2.59. The molecule has 2 atom stereocenters. The normalized spacial score (nSPS) is 33.8. The van der Waals surface area contributed by atoms with Gasteiger partial charge in [0.25, 0.3) is 0 Å². The molecule has 1 aromatic carbocycles. The van der Waals surface area contributed by atoms with Crippen molar-refractivity contribution >= 4 is 0 Å². The van der Waals surface area contributed by atoms with Gasteiger partial charge in [0.1, 0.15) is 17.2 Å². The number of fused-ring (bicyclic) bond motifs is 1. The van der Waals surface area contributed by atoms with E-state index in [1.54, 1.807) is 6.07 Å². The molecule has 1 fully saturated rings. The van der Waals surface area contributed by atoms with Gasteiger partial charge in [-0.05, 0) is 31.9 Å². The number of hydrogen-bond donors (Lipinski definition) is 1. The molecule has 1 aromatic rings. The summed E-state index contributed by atoms with van der Waals surface area (Å²) < 4.78 is 19.2. The van der Waals surface area contributed by atoms with E-state index in [4.69, 9.17) is 4.74 Å². The predicted octanol–water partition coefficient (Wildman–Crippen LogP) is 3.20. The molecule has 0 aromatic heterocycles. The van der Waals surface area contributed by atoms with E-state index in [2.05, 4.69) is 6.92 Å². The summed E-state index contributed by atoms with van der Waals surface area (Å²) >= 11 is 0. The molecule has 1 aliphatic carbocycles. The Morgan fingerprint density at radius 3 is 2.71 bits per heavy atom. The fraction of sp³-hybridized carbons (Fsp3) is 0.571. The lowest BCUT2D eigenvalue weighted by Gasteiger charge is -2.42. The lowest BCUT2D eigenvalue weighted by atomic mass is 9.79. The molecule has 1 saturated carbocycles. The average molecular weight is 236 g/mol. The highest BCUT2D eigenvalue weighted by Gasteiger charge is 2.57. The molecule has 0 saturated heterocycles. The fourth-order valence-corrected chi connectivity index (χ4v) is 2.72. The molecule has 1 heterocycles. The third-order valence-corrected chi connectivity index (χ3v) is 4.53. The maximum Gasteiger partial charge on any atom is 0.128 e. The van der Waals surface area contributed by atoms with Crippen molar-refractivity contribution in [3.05, 3.63) is 29.6 Å². The van der Waals surface area contributed by atoms with Gasteiger partial charge in [-0.15, -0.1) is 0 Å². The van der Waals surface area contributed by atoms with Crippen molar-refractivity contribution in [2.24, 2.45) is 5.41 Å². The van der Waals surface area contributed by atoms with Crippen LogP contribution in [0.1, 0.15) is 44.8 Å². The zero-order valence-corrected chi connectivity index (χ0v) is 10.2. The Hall–Kier alpha value is -1.09. The maximum atomic E-state index is 13.2. The van der Waals surface area contributed by atoms with Crippen molar-refractivity contribution in [3.8, 4) is 5.75 Å². The topological polar surface area (TPSA) is 29.5 Å². The third kappa shape index (κ3) is 1.56. The van der Waals surface area contributed by atoms with Crippen molar-refractivity contribution < 1.29 is 14.2 Å². The largest absolute Gasteiger partial charge is 0.486 e. The molecular formula is C14H17FO2. The van der Waals surface area contributed by atoms with E-state index in [0.717, 1.165) is 12.8 Å². The van der Waals surface area contributed by atoms with Crippen molar-refractivity contribution in [3.63, 3.8) is 0 Å². The van der Waals surface area contributed by atoms with E-state index >= 15 is 0 Å². The van der Waals surface area contributed by atoms with Crippen molar-refractivity contribution in [2.75, 3.05) is 0 Å². The van der Waals surface area contributed by atoms with E-state index in [1.165, 1.54) is 12.1 Å². The molecule has 2 aliphatic rings. The quantitative estimate of drug-likeness (QED) is 0.811. The van der Waals surface area contributed by atoms with Gasteiger partial charge in [-0.2, -0.15) is 0 Å². The molecule has 0 radical (unpaired) electrons. The summed E-state index contributed by atoms with van der Waals surface area (Å²) in [5.41, 5.74) is 0.443. The first kappa shape index (κ1) is 11.0. The van der Waals surface area contributed by atoms with Crippen LogP contribution in [-0.2, 0) is 0 Å².